The maximum atomic E-state index is 14.3. The predicted octanol–water partition coefficient (Wildman–Crippen LogP) is 3.04. The third-order valence-corrected chi connectivity index (χ3v) is 3.86. The predicted molar refractivity (Wildman–Crippen MR) is 68.9 cm³/mol. The number of aromatic nitrogens is 3. The van der Waals surface area contributed by atoms with E-state index in [0.29, 0.717) is 5.52 Å². The molecule has 2 heterocycles. The molecule has 0 aliphatic rings. The van der Waals surface area contributed by atoms with E-state index in [1.807, 2.05) is 6.07 Å². The summed E-state index contributed by atoms with van der Waals surface area (Å²) < 4.78 is 22.0. The lowest BCUT2D eigenvalue weighted by Crippen LogP contribution is -1.96. The highest BCUT2D eigenvalue weighted by atomic mass is 32.1. The van der Waals surface area contributed by atoms with E-state index in [4.69, 9.17) is 4.74 Å². The third-order valence-electron chi connectivity index (χ3n) is 2.86. The number of benzene rings is 1. The van der Waals surface area contributed by atoms with Crippen LogP contribution in [0.4, 0.5) is 4.39 Å². The molecule has 2 aromatic heterocycles. The van der Waals surface area contributed by atoms with Gasteiger partial charge in [0, 0.05) is 6.42 Å². The lowest BCUT2D eigenvalue weighted by molar-refractivity contribution is 0.388. The number of hydrogen-bond donors (Lipinski definition) is 0. The van der Waals surface area contributed by atoms with Crippen LogP contribution in [-0.4, -0.2) is 21.7 Å². The molecule has 0 fully saturated rings. The number of fused-ring (bicyclic) bond motifs is 3. The summed E-state index contributed by atoms with van der Waals surface area (Å²) in [4.78, 5) is 0.723. The normalized spacial score (nSPS) is 11.5. The summed E-state index contributed by atoms with van der Waals surface area (Å²) in [7, 11) is 1.47. The van der Waals surface area contributed by atoms with Crippen LogP contribution in [0.5, 0.6) is 5.75 Å². The van der Waals surface area contributed by atoms with E-state index in [1.165, 1.54) is 18.4 Å². The van der Waals surface area contributed by atoms with E-state index in [2.05, 4.69) is 17.1 Å². The topological polar surface area (TPSA) is 39.4 Å². The highest BCUT2D eigenvalue weighted by molar-refractivity contribution is 7.23. The van der Waals surface area contributed by atoms with Crippen molar-refractivity contribution >= 4 is 26.5 Å². The molecular formula is C12H12FN3OS. The molecule has 0 atom stereocenters. The van der Waals surface area contributed by atoms with Gasteiger partial charge in [-0.25, -0.2) is 4.39 Å². The van der Waals surface area contributed by atoms with Crippen molar-refractivity contribution in [2.24, 2.45) is 0 Å². The summed E-state index contributed by atoms with van der Waals surface area (Å²) in [5.41, 5.74) is 0.516. The van der Waals surface area contributed by atoms with Crippen LogP contribution >= 0.6 is 11.3 Å². The summed E-state index contributed by atoms with van der Waals surface area (Å²) >= 11 is 1.44. The van der Waals surface area contributed by atoms with E-state index in [9.17, 15) is 4.39 Å². The zero-order valence-electron chi connectivity index (χ0n) is 10.1. The Hall–Kier alpha value is -1.69. The average molecular weight is 265 g/mol. The van der Waals surface area contributed by atoms with Crippen LogP contribution < -0.4 is 4.74 Å². The molecule has 0 unspecified atom stereocenters. The van der Waals surface area contributed by atoms with E-state index < -0.39 is 0 Å². The number of hydrogen-bond acceptors (Lipinski definition) is 4. The van der Waals surface area contributed by atoms with Crippen LogP contribution in [0, 0.1) is 5.82 Å². The molecule has 0 saturated carbocycles. The van der Waals surface area contributed by atoms with Crippen LogP contribution in [0.25, 0.3) is 15.2 Å². The molecule has 0 bridgehead atoms. The second kappa shape index (κ2) is 4.20. The Morgan fingerprint density at radius 3 is 2.94 bits per heavy atom. The van der Waals surface area contributed by atoms with Crippen molar-refractivity contribution < 1.29 is 9.13 Å². The maximum Gasteiger partial charge on any atom is 0.217 e. The largest absolute Gasteiger partial charge is 0.494 e. The summed E-state index contributed by atoms with van der Waals surface area (Å²) in [6.45, 7) is 2.06. The first-order chi connectivity index (χ1) is 8.76. The Bertz CT molecular complexity index is 719. The fourth-order valence-electron chi connectivity index (χ4n) is 2.05. The van der Waals surface area contributed by atoms with Crippen molar-refractivity contribution in [3.05, 3.63) is 23.8 Å². The number of rotatable bonds is 3. The highest BCUT2D eigenvalue weighted by Gasteiger charge is 2.17. The molecule has 0 amide bonds. The first-order valence-corrected chi connectivity index (χ1v) is 6.57. The molecule has 6 heteroatoms. The molecule has 0 spiro atoms. The van der Waals surface area contributed by atoms with Crippen LogP contribution in [0.3, 0.4) is 0 Å². The number of thiazole rings is 1. The Morgan fingerprint density at radius 2 is 2.22 bits per heavy atom. The molecule has 0 aliphatic carbocycles. The fourth-order valence-corrected chi connectivity index (χ4v) is 3.03. The van der Waals surface area contributed by atoms with Gasteiger partial charge in [-0.3, -0.25) is 4.40 Å². The minimum atomic E-state index is -0.349. The van der Waals surface area contributed by atoms with Crippen molar-refractivity contribution in [3.8, 4) is 5.75 Å². The van der Waals surface area contributed by atoms with Crippen LogP contribution in [0.1, 0.15) is 19.2 Å². The van der Waals surface area contributed by atoms with Crippen molar-refractivity contribution in [1.29, 1.82) is 0 Å². The molecule has 4 nitrogen and oxygen atoms in total. The molecule has 18 heavy (non-hydrogen) atoms. The van der Waals surface area contributed by atoms with Crippen LogP contribution in [0.15, 0.2) is 12.1 Å². The highest BCUT2D eigenvalue weighted by Crippen LogP contribution is 2.32. The average Bonchev–Trinajstić information content (AvgIpc) is 2.90. The van der Waals surface area contributed by atoms with Gasteiger partial charge in [0.25, 0.3) is 0 Å². The SMILES string of the molecule is CCCc1nnc2sc3ccc(OC)c(F)c3n12. The van der Waals surface area contributed by atoms with Gasteiger partial charge in [-0.05, 0) is 18.6 Å². The van der Waals surface area contributed by atoms with Gasteiger partial charge < -0.3 is 4.74 Å². The number of ether oxygens (including phenoxy) is 1. The Labute approximate surface area is 107 Å². The van der Waals surface area contributed by atoms with Gasteiger partial charge in [-0.1, -0.05) is 18.3 Å². The van der Waals surface area contributed by atoms with Crippen LogP contribution in [0.2, 0.25) is 0 Å². The number of methoxy groups -OCH3 is 1. The lowest BCUT2D eigenvalue weighted by Gasteiger charge is -2.03. The molecule has 3 aromatic rings. The van der Waals surface area contributed by atoms with E-state index in [0.717, 1.165) is 28.3 Å². The lowest BCUT2D eigenvalue weighted by atomic mass is 10.3. The second-order valence-electron chi connectivity index (χ2n) is 4.01. The minimum Gasteiger partial charge on any atom is -0.494 e. The van der Waals surface area contributed by atoms with Gasteiger partial charge in [0.1, 0.15) is 11.3 Å². The Morgan fingerprint density at radius 1 is 1.39 bits per heavy atom. The van der Waals surface area contributed by atoms with Crippen molar-refractivity contribution in [2.75, 3.05) is 7.11 Å². The second-order valence-corrected chi connectivity index (χ2v) is 5.02. The molecule has 0 N–H and O–H groups in total. The van der Waals surface area contributed by atoms with Crippen molar-refractivity contribution in [2.45, 2.75) is 19.8 Å². The zero-order valence-corrected chi connectivity index (χ0v) is 10.9. The van der Waals surface area contributed by atoms with Gasteiger partial charge in [0.15, 0.2) is 11.6 Å². The third kappa shape index (κ3) is 1.49. The molecule has 94 valence electrons. The number of halogens is 1. The fraction of sp³-hybridized carbons (Fsp3) is 0.333. The van der Waals surface area contributed by atoms with Crippen LogP contribution in [-0.2, 0) is 6.42 Å². The molecule has 1 aromatic carbocycles. The number of aryl methyl sites for hydroxylation is 1. The summed E-state index contributed by atoms with van der Waals surface area (Å²) in [5.74, 6) is 0.697. The van der Waals surface area contributed by atoms with E-state index in [1.54, 1.807) is 10.5 Å². The van der Waals surface area contributed by atoms with Gasteiger partial charge in [0.2, 0.25) is 4.96 Å². The summed E-state index contributed by atoms with van der Waals surface area (Å²) in [5, 5.41) is 8.20. The Balaban J connectivity index is 2.40. The molecular weight excluding hydrogens is 253 g/mol. The van der Waals surface area contributed by atoms with Crippen molar-refractivity contribution in [3.63, 3.8) is 0 Å². The molecule has 3 rings (SSSR count). The monoisotopic (exact) mass is 265 g/mol. The molecule has 0 radical (unpaired) electrons. The molecule has 0 aliphatic heterocycles. The van der Waals surface area contributed by atoms with Gasteiger partial charge in [-0.2, -0.15) is 0 Å². The first kappa shape index (κ1) is 11.4. The summed E-state index contributed by atoms with van der Waals surface area (Å²) in [6, 6.07) is 3.49. The van der Waals surface area contributed by atoms with Gasteiger partial charge in [-0.15, -0.1) is 10.2 Å². The van der Waals surface area contributed by atoms with E-state index in [-0.39, 0.29) is 11.6 Å². The van der Waals surface area contributed by atoms with E-state index >= 15 is 0 Å². The van der Waals surface area contributed by atoms with Crippen molar-refractivity contribution in [1.82, 2.24) is 14.6 Å². The maximum absolute atomic E-state index is 14.3. The number of nitrogens with zero attached hydrogens (tertiary/aromatic N) is 3. The van der Waals surface area contributed by atoms with Gasteiger partial charge >= 0.3 is 0 Å². The minimum absolute atomic E-state index is 0.248. The Kier molecular flexibility index (Phi) is 2.66. The quantitative estimate of drug-likeness (QED) is 0.730. The smallest absolute Gasteiger partial charge is 0.217 e. The first-order valence-electron chi connectivity index (χ1n) is 5.75. The standard InChI is InChI=1S/C12H12FN3OS/c1-3-4-9-14-15-12-16(9)11-8(18-12)6-5-7(17-2)10(11)13/h5-6H,3-4H2,1-2H3. The summed E-state index contributed by atoms with van der Waals surface area (Å²) in [6.07, 6.45) is 1.73. The van der Waals surface area contributed by atoms with Gasteiger partial charge in [0.05, 0.1) is 11.8 Å². The molecule has 0 saturated heterocycles. The zero-order chi connectivity index (χ0) is 12.7.